The van der Waals surface area contributed by atoms with Gasteiger partial charge in [-0.25, -0.2) is 9.78 Å². The third kappa shape index (κ3) is 3.59. The molecule has 0 spiro atoms. The van der Waals surface area contributed by atoms with Crippen molar-refractivity contribution in [2.75, 3.05) is 7.11 Å². The molecule has 6 nitrogen and oxygen atoms in total. The summed E-state index contributed by atoms with van der Waals surface area (Å²) in [5.74, 6) is 0.467. The zero-order valence-electron chi connectivity index (χ0n) is 12.3. The first-order valence-corrected chi connectivity index (χ1v) is 6.82. The second kappa shape index (κ2) is 6.39. The number of ketones is 1. The van der Waals surface area contributed by atoms with Crippen LogP contribution in [0.3, 0.4) is 0 Å². The van der Waals surface area contributed by atoms with Crippen molar-refractivity contribution in [3.8, 4) is 0 Å². The van der Waals surface area contributed by atoms with Gasteiger partial charge < -0.3 is 15.0 Å². The summed E-state index contributed by atoms with van der Waals surface area (Å²) in [5, 5.41) is 2.57. The SMILES string of the molecule is COC(=O)NC(C(=O)Cc1nc2ccccc2[nH]1)C(C)C. The van der Waals surface area contributed by atoms with E-state index in [1.807, 2.05) is 38.1 Å². The summed E-state index contributed by atoms with van der Waals surface area (Å²) < 4.78 is 4.55. The van der Waals surface area contributed by atoms with Gasteiger partial charge in [0.15, 0.2) is 5.78 Å². The highest BCUT2D eigenvalue weighted by atomic mass is 16.5. The third-order valence-corrected chi connectivity index (χ3v) is 3.25. The number of alkyl carbamates (subject to hydrolysis) is 1. The quantitative estimate of drug-likeness (QED) is 0.882. The Kier molecular flexibility index (Phi) is 4.57. The van der Waals surface area contributed by atoms with Crippen LogP contribution in [0.25, 0.3) is 11.0 Å². The van der Waals surface area contributed by atoms with Crippen LogP contribution < -0.4 is 5.32 Å². The molecule has 2 rings (SSSR count). The smallest absolute Gasteiger partial charge is 0.407 e. The number of nitrogens with one attached hydrogen (secondary N) is 2. The molecule has 0 aliphatic carbocycles. The van der Waals surface area contributed by atoms with Crippen molar-refractivity contribution in [3.05, 3.63) is 30.1 Å². The Morgan fingerprint density at radius 2 is 2.05 bits per heavy atom. The molecular formula is C15H19N3O3. The van der Waals surface area contributed by atoms with E-state index in [-0.39, 0.29) is 18.1 Å². The highest BCUT2D eigenvalue weighted by Crippen LogP contribution is 2.12. The average Bonchev–Trinajstić information content (AvgIpc) is 2.85. The number of carbonyl (C=O) groups excluding carboxylic acids is 2. The zero-order valence-corrected chi connectivity index (χ0v) is 12.3. The van der Waals surface area contributed by atoms with Crippen molar-refractivity contribution < 1.29 is 14.3 Å². The Hall–Kier alpha value is -2.37. The molecular weight excluding hydrogens is 270 g/mol. The van der Waals surface area contributed by atoms with Crippen LogP contribution in [0.4, 0.5) is 4.79 Å². The number of carbonyl (C=O) groups is 2. The maximum Gasteiger partial charge on any atom is 0.407 e. The molecule has 0 bridgehead atoms. The fourth-order valence-electron chi connectivity index (χ4n) is 2.17. The molecule has 1 heterocycles. The fourth-order valence-corrected chi connectivity index (χ4v) is 2.17. The molecule has 2 aromatic rings. The molecule has 0 aliphatic heterocycles. The molecule has 1 aromatic carbocycles. The number of nitrogens with zero attached hydrogens (tertiary/aromatic N) is 1. The van der Waals surface area contributed by atoms with Crippen LogP contribution in [0.1, 0.15) is 19.7 Å². The van der Waals surface area contributed by atoms with E-state index in [9.17, 15) is 9.59 Å². The highest BCUT2D eigenvalue weighted by molar-refractivity contribution is 5.89. The fraction of sp³-hybridized carbons (Fsp3) is 0.400. The van der Waals surface area contributed by atoms with Crippen molar-refractivity contribution >= 4 is 22.9 Å². The van der Waals surface area contributed by atoms with Gasteiger partial charge in [0.2, 0.25) is 0 Å². The Balaban J connectivity index is 2.12. The highest BCUT2D eigenvalue weighted by Gasteiger charge is 2.25. The number of ether oxygens (including phenoxy) is 1. The number of rotatable bonds is 5. The van der Waals surface area contributed by atoms with E-state index in [4.69, 9.17) is 0 Å². The normalized spacial score (nSPS) is 12.4. The molecule has 0 aliphatic rings. The summed E-state index contributed by atoms with van der Waals surface area (Å²) in [6, 6.07) is 6.99. The third-order valence-electron chi connectivity index (χ3n) is 3.25. The Labute approximate surface area is 122 Å². The second-order valence-electron chi connectivity index (χ2n) is 5.20. The predicted octanol–water partition coefficient (Wildman–Crippen LogP) is 2.06. The predicted molar refractivity (Wildman–Crippen MR) is 79.0 cm³/mol. The largest absolute Gasteiger partial charge is 0.453 e. The minimum absolute atomic E-state index is 0.0269. The van der Waals surface area contributed by atoms with Crippen LogP contribution >= 0.6 is 0 Å². The molecule has 1 aromatic heterocycles. The number of imidazole rings is 1. The number of H-pyrrole nitrogens is 1. The maximum absolute atomic E-state index is 12.4. The number of benzene rings is 1. The monoisotopic (exact) mass is 289 g/mol. The molecule has 1 unspecified atom stereocenters. The summed E-state index contributed by atoms with van der Waals surface area (Å²) in [7, 11) is 1.27. The van der Waals surface area contributed by atoms with Gasteiger partial charge in [0, 0.05) is 0 Å². The second-order valence-corrected chi connectivity index (χ2v) is 5.20. The van der Waals surface area contributed by atoms with E-state index < -0.39 is 12.1 Å². The zero-order chi connectivity index (χ0) is 15.4. The Morgan fingerprint density at radius 1 is 1.33 bits per heavy atom. The van der Waals surface area contributed by atoms with Gasteiger partial charge in [0.25, 0.3) is 0 Å². The Morgan fingerprint density at radius 3 is 2.67 bits per heavy atom. The molecule has 0 fully saturated rings. The lowest BCUT2D eigenvalue weighted by Crippen LogP contribution is -2.45. The number of Topliss-reactive ketones (excluding diaryl/α,β-unsaturated/α-hetero) is 1. The van der Waals surface area contributed by atoms with Crippen LogP contribution in [0, 0.1) is 5.92 Å². The van der Waals surface area contributed by atoms with Gasteiger partial charge in [-0.05, 0) is 18.1 Å². The van der Waals surface area contributed by atoms with E-state index in [0.717, 1.165) is 11.0 Å². The van der Waals surface area contributed by atoms with E-state index in [1.54, 1.807) is 0 Å². The molecule has 112 valence electrons. The number of hydrogen-bond acceptors (Lipinski definition) is 4. The standard InChI is InChI=1S/C15H19N3O3/c1-9(2)14(18-15(20)21-3)12(19)8-13-16-10-6-4-5-7-11(10)17-13/h4-7,9,14H,8H2,1-3H3,(H,16,17)(H,18,20). The van der Waals surface area contributed by atoms with Gasteiger partial charge >= 0.3 is 6.09 Å². The topological polar surface area (TPSA) is 84.1 Å². The van der Waals surface area contributed by atoms with Crippen LogP contribution in [0.5, 0.6) is 0 Å². The number of aromatic amines is 1. The van der Waals surface area contributed by atoms with Crippen LogP contribution in [-0.2, 0) is 16.0 Å². The first-order valence-electron chi connectivity index (χ1n) is 6.82. The lowest BCUT2D eigenvalue weighted by atomic mass is 9.98. The van der Waals surface area contributed by atoms with Gasteiger partial charge in [-0.3, -0.25) is 4.79 Å². The van der Waals surface area contributed by atoms with E-state index >= 15 is 0 Å². The lowest BCUT2D eigenvalue weighted by Gasteiger charge is -2.19. The molecule has 21 heavy (non-hydrogen) atoms. The summed E-state index contributed by atoms with van der Waals surface area (Å²) in [5.41, 5.74) is 1.71. The molecule has 0 radical (unpaired) electrons. The minimum Gasteiger partial charge on any atom is -0.453 e. The van der Waals surface area contributed by atoms with Crippen LogP contribution in [0.15, 0.2) is 24.3 Å². The molecule has 0 saturated carbocycles. The summed E-state index contributed by atoms with van der Waals surface area (Å²) in [6.07, 6.45) is -0.465. The first-order chi connectivity index (χ1) is 10.0. The molecule has 0 saturated heterocycles. The Bertz CT molecular complexity index is 615. The lowest BCUT2D eigenvalue weighted by molar-refractivity contribution is -0.121. The van der Waals surface area contributed by atoms with Crippen molar-refractivity contribution in [2.24, 2.45) is 5.92 Å². The van der Waals surface area contributed by atoms with E-state index in [0.29, 0.717) is 5.82 Å². The number of methoxy groups -OCH3 is 1. The van der Waals surface area contributed by atoms with Crippen LogP contribution in [0.2, 0.25) is 0 Å². The van der Waals surface area contributed by atoms with E-state index in [1.165, 1.54) is 7.11 Å². The summed E-state index contributed by atoms with van der Waals surface area (Å²) in [4.78, 5) is 31.2. The van der Waals surface area contributed by atoms with Gasteiger partial charge in [0.1, 0.15) is 5.82 Å². The van der Waals surface area contributed by atoms with Gasteiger partial charge in [-0.2, -0.15) is 0 Å². The van der Waals surface area contributed by atoms with E-state index in [2.05, 4.69) is 20.0 Å². The maximum atomic E-state index is 12.4. The van der Waals surface area contributed by atoms with Crippen molar-refractivity contribution in [3.63, 3.8) is 0 Å². The van der Waals surface area contributed by atoms with Gasteiger partial charge in [0.05, 0.1) is 30.6 Å². The molecule has 2 N–H and O–H groups in total. The van der Waals surface area contributed by atoms with Gasteiger partial charge in [-0.1, -0.05) is 26.0 Å². The summed E-state index contributed by atoms with van der Waals surface area (Å²) in [6.45, 7) is 3.74. The number of amides is 1. The first kappa shape index (κ1) is 15.0. The average molecular weight is 289 g/mol. The number of aromatic nitrogens is 2. The minimum atomic E-state index is -0.605. The number of fused-ring (bicyclic) bond motifs is 1. The number of para-hydroxylation sites is 2. The molecule has 1 amide bonds. The molecule has 6 heteroatoms. The van der Waals surface area contributed by atoms with Crippen molar-refractivity contribution in [1.82, 2.24) is 15.3 Å². The number of hydrogen-bond donors (Lipinski definition) is 2. The van der Waals surface area contributed by atoms with Gasteiger partial charge in [-0.15, -0.1) is 0 Å². The summed E-state index contributed by atoms with van der Waals surface area (Å²) >= 11 is 0. The molecule has 1 atom stereocenters. The van der Waals surface area contributed by atoms with Crippen molar-refractivity contribution in [1.29, 1.82) is 0 Å². The van der Waals surface area contributed by atoms with Crippen LogP contribution in [-0.4, -0.2) is 35.0 Å². The van der Waals surface area contributed by atoms with Crippen molar-refractivity contribution in [2.45, 2.75) is 26.3 Å².